The molecule has 0 atom stereocenters. The van der Waals surface area contributed by atoms with E-state index in [2.05, 4.69) is 0 Å². The number of hydrogen-bond donors (Lipinski definition) is 0. The van der Waals surface area contributed by atoms with Gasteiger partial charge in [-0.05, 0) is 0 Å². The predicted octanol–water partition coefficient (Wildman–Crippen LogP) is 1.40. The summed E-state index contributed by atoms with van der Waals surface area (Å²) in [5, 5.41) is 0.0554. The minimum absolute atomic E-state index is 0.00692. The molecule has 0 unspecified atom stereocenters. The van der Waals surface area contributed by atoms with Crippen LogP contribution in [0.25, 0.3) is 0 Å². The molecule has 0 aliphatic heterocycles. The van der Waals surface area contributed by atoms with E-state index in [9.17, 15) is 9.59 Å². The summed E-state index contributed by atoms with van der Waals surface area (Å²) in [7, 11) is 0. The maximum atomic E-state index is 11.0. The first-order valence-corrected chi connectivity index (χ1v) is 6.47. The van der Waals surface area contributed by atoms with Crippen molar-refractivity contribution >= 4 is 42.0 Å². The minimum atomic E-state index is -0.453. The Morgan fingerprint density at radius 1 is 1.36 bits per heavy atom. The van der Waals surface area contributed by atoms with E-state index in [0.29, 0.717) is 10.9 Å². The maximum absolute atomic E-state index is 11.0. The first-order chi connectivity index (χ1) is 6.61. The Hall–Kier alpha value is -0.631. The van der Waals surface area contributed by atoms with Gasteiger partial charge in [-0.1, -0.05) is 0 Å². The predicted molar refractivity (Wildman–Crippen MR) is 57.5 cm³/mol. The molecule has 74 valence electrons. The summed E-state index contributed by atoms with van der Waals surface area (Å²) in [6.07, 6.45) is 0. The van der Waals surface area contributed by atoms with Crippen molar-refractivity contribution in [2.24, 2.45) is 0 Å². The van der Waals surface area contributed by atoms with Gasteiger partial charge in [0.2, 0.25) is 0 Å². The van der Waals surface area contributed by atoms with Gasteiger partial charge in [-0.2, -0.15) is 0 Å². The molecule has 4 heteroatoms. The van der Waals surface area contributed by atoms with Gasteiger partial charge in [-0.15, -0.1) is 0 Å². The van der Waals surface area contributed by atoms with Crippen LogP contribution in [0.5, 0.6) is 0 Å². The van der Waals surface area contributed by atoms with Crippen LogP contribution in [0.4, 0.5) is 0 Å². The molecule has 0 heterocycles. The molecule has 0 aliphatic rings. The van der Waals surface area contributed by atoms with E-state index in [0.717, 1.165) is 4.46 Å². The normalized spacial score (nSPS) is 9.86. The fourth-order valence-electron chi connectivity index (χ4n) is 0.934. The second-order valence-electron chi connectivity index (χ2n) is 2.76. The second kappa shape index (κ2) is 5.30. The summed E-state index contributed by atoms with van der Waals surface area (Å²) in [6.45, 7) is 1.55. The zero-order valence-corrected chi connectivity index (χ0v) is 10.1. The van der Waals surface area contributed by atoms with E-state index in [1.54, 1.807) is 19.1 Å². The summed E-state index contributed by atoms with van der Waals surface area (Å²) in [5.74, 6) is 0.141. The van der Waals surface area contributed by atoms with Gasteiger partial charge in [0.1, 0.15) is 0 Å². The van der Waals surface area contributed by atoms with Crippen molar-refractivity contribution in [3.63, 3.8) is 0 Å². The van der Waals surface area contributed by atoms with Gasteiger partial charge < -0.3 is 0 Å². The molecule has 0 fully saturated rings. The molecule has 0 aromatic heterocycles. The summed E-state index contributed by atoms with van der Waals surface area (Å²) in [4.78, 5) is 21.8. The van der Waals surface area contributed by atoms with Crippen LogP contribution >= 0.6 is 11.6 Å². The third kappa shape index (κ3) is 3.26. The van der Waals surface area contributed by atoms with Crippen LogP contribution in [-0.4, -0.2) is 26.0 Å². The van der Waals surface area contributed by atoms with Crippen LogP contribution in [-0.2, 0) is 4.79 Å². The van der Waals surface area contributed by atoms with Gasteiger partial charge in [0.15, 0.2) is 0 Å². The van der Waals surface area contributed by atoms with Gasteiger partial charge in [0.25, 0.3) is 0 Å². The summed E-state index contributed by atoms with van der Waals surface area (Å²) in [6, 6.07) is 7.15. The number of benzene rings is 1. The number of Topliss-reactive ketones (excluding diaryl/α,β-unsaturated/α-hetero) is 1. The molecule has 0 amide bonds. The molecule has 0 bridgehead atoms. The first-order valence-electron chi connectivity index (χ1n) is 4.02. The number of rotatable bonds is 4. The fourth-order valence-corrected chi connectivity index (χ4v) is 3.01. The van der Waals surface area contributed by atoms with Crippen LogP contribution in [0.3, 0.4) is 0 Å². The molecule has 1 aromatic carbocycles. The van der Waals surface area contributed by atoms with Crippen molar-refractivity contribution < 1.29 is 9.59 Å². The summed E-state index contributed by atoms with van der Waals surface area (Å²) >= 11 is 5.42. The summed E-state index contributed by atoms with van der Waals surface area (Å²) in [5.41, 5.74) is 0.524. The van der Waals surface area contributed by atoms with E-state index in [1.807, 2.05) is 12.1 Å². The zero-order chi connectivity index (χ0) is 10.6. The van der Waals surface area contributed by atoms with E-state index in [1.165, 1.54) is 0 Å². The van der Waals surface area contributed by atoms with Crippen LogP contribution in [0.15, 0.2) is 24.3 Å². The van der Waals surface area contributed by atoms with E-state index < -0.39 is 5.24 Å². The first kappa shape index (κ1) is 11.4. The average Bonchev–Trinajstić information content (AvgIpc) is 2.15. The van der Waals surface area contributed by atoms with Crippen molar-refractivity contribution in [3.05, 3.63) is 29.8 Å². The molecule has 0 N–H and O–H groups in total. The number of halogens is 1. The van der Waals surface area contributed by atoms with Gasteiger partial charge in [0, 0.05) is 0 Å². The number of ketones is 1. The van der Waals surface area contributed by atoms with Crippen molar-refractivity contribution in [2.75, 3.05) is 0 Å². The van der Waals surface area contributed by atoms with Crippen LogP contribution in [0, 0.1) is 0 Å². The third-order valence-corrected chi connectivity index (χ3v) is 4.29. The molecule has 0 saturated carbocycles. The van der Waals surface area contributed by atoms with Gasteiger partial charge >= 0.3 is 93.7 Å². The van der Waals surface area contributed by atoms with Crippen molar-refractivity contribution in [2.45, 2.75) is 12.2 Å². The molecule has 0 aliphatic carbocycles. The van der Waals surface area contributed by atoms with Crippen molar-refractivity contribution in [1.29, 1.82) is 0 Å². The second-order valence-corrected chi connectivity index (χ2v) is 5.24. The average molecular weight is 276 g/mol. The number of carbonyl (C=O) groups is 2. The topological polar surface area (TPSA) is 34.1 Å². The van der Waals surface area contributed by atoms with Crippen molar-refractivity contribution in [1.82, 2.24) is 0 Å². The monoisotopic (exact) mass is 276 g/mol. The third-order valence-electron chi connectivity index (χ3n) is 1.53. The Labute approximate surface area is 93.8 Å². The zero-order valence-electron chi connectivity index (χ0n) is 7.62. The van der Waals surface area contributed by atoms with Gasteiger partial charge in [0.05, 0.1) is 0 Å². The summed E-state index contributed by atoms with van der Waals surface area (Å²) < 4.78 is 0.898. The van der Waals surface area contributed by atoms with Gasteiger partial charge in [-0.25, -0.2) is 0 Å². The number of carbonyl (C=O) groups excluding carboxylic acids is 2. The van der Waals surface area contributed by atoms with Crippen LogP contribution < -0.4 is 4.46 Å². The number of hydrogen-bond acceptors (Lipinski definition) is 2. The Kier molecular flexibility index (Phi) is 4.33. The Bertz CT molecular complexity index is 363. The molecule has 1 rings (SSSR count). The Balaban J connectivity index is 2.84. The molecular formula is C10H9ClO2Se. The fraction of sp³-hybridized carbons (Fsp3) is 0.200. The van der Waals surface area contributed by atoms with Crippen molar-refractivity contribution in [3.8, 4) is 0 Å². The van der Waals surface area contributed by atoms with E-state index in [-0.39, 0.29) is 20.7 Å². The standard InChI is InChI=1S/C10H9ClO2Se/c1-7(12)6-14-9-5-3-2-4-8(9)10(11)13/h2-5H,6H2,1H3. The molecular weight excluding hydrogens is 267 g/mol. The Morgan fingerprint density at radius 2 is 2.00 bits per heavy atom. The Morgan fingerprint density at radius 3 is 2.57 bits per heavy atom. The molecule has 14 heavy (non-hydrogen) atoms. The molecule has 0 spiro atoms. The SMILES string of the molecule is CC(=O)C[Se]c1ccccc1C(=O)Cl. The van der Waals surface area contributed by atoms with E-state index in [4.69, 9.17) is 11.6 Å². The molecule has 1 aromatic rings. The molecule has 0 saturated heterocycles. The van der Waals surface area contributed by atoms with E-state index >= 15 is 0 Å². The van der Waals surface area contributed by atoms with Gasteiger partial charge in [-0.3, -0.25) is 0 Å². The van der Waals surface area contributed by atoms with Crippen LogP contribution in [0.2, 0.25) is 5.32 Å². The van der Waals surface area contributed by atoms with Crippen LogP contribution in [0.1, 0.15) is 17.3 Å². The quantitative estimate of drug-likeness (QED) is 0.615. The molecule has 2 nitrogen and oxygen atoms in total. The molecule has 0 radical (unpaired) electrons.